The summed E-state index contributed by atoms with van der Waals surface area (Å²) in [5.74, 6) is 1.04. The van der Waals surface area contributed by atoms with Gasteiger partial charge in [-0.25, -0.2) is 9.97 Å². The molecule has 2 aromatic heterocycles. The van der Waals surface area contributed by atoms with Gasteiger partial charge in [-0.05, 0) is 31.7 Å². The second-order valence-electron chi connectivity index (χ2n) is 7.96. The van der Waals surface area contributed by atoms with Gasteiger partial charge in [0.1, 0.15) is 17.0 Å². The first-order chi connectivity index (χ1) is 14.6. The van der Waals surface area contributed by atoms with Crippen molar-refractivity contribution in [3.63, 3.8) is 0 Å². The van der Waals surface area contributed by atoms with Gasteiger partial charge in [-0.3, -0.25) is 9.69 Å². The van der Waals surface area contributed by atoms with E-state index in [0.717, 1.165) is 54.9 Å². The normalized spacial score (nSPS) is 15.4. The Morgan fingerprint density at radius 2 is 1.97 bits per heavy atom. The van der Waals surface area contributed by atoms with Crippen LogP contribution in [0.2, 0.25) is 0 Å². The number of thiophene rings is 1. The number of rotatable bonds is 7. The highest BCUT2D eigenvalue weighted by Crippen LogP contribution is 2.37. The van der Waals surface area contributed by atoms with Crippen LogP contribution in [0.1, 0.15) is 31.7 Å². The topological polar surface area (TPSA) is 70.2 Å². The Morgan fingerprint density at radius 3 is 2.70 bits per heavy atom. The van der Waals surface area contributed by atoms with Crippen LogP contribution < -0.4 is 10.6 Å². The van der Waals surface area contributed by atoms with Gasteiger partial charge in [-0.2, -0.15) is 0 Å². The molecule has 7 heteroatoms. The van der Waals surface area contributed by atoms with Crippen LogP contribution in [0.15, 0.2) is 36.0 Å². The summed E-state index contributed by atoms with van der Waals surface area (Å²) in [4.78, 5) is 24.3. The quantitative estimate of drug-likeness (QED) is 0.599. The van der Waals surface area contributed by atoms with Gasteiger partial charge in [0, 0.05) is 36.6 Å². The third kappa shape index (κ3) is 4.79. The van der Waals surface area contributed by atoms with E-state index >= 15 is 0 Å². The second-order valence-corrected chi connectivity index (χ2v) is 8.82. The molecule has 0 spiro atoms. The molecule has 3 aromatic rings. The summed E-state index contributed by atoms with van der Waals surface area (Å²) >= 11 is 1.66. The number of carbonyl (C=O) groups is 1. The lowest BCUT2D eigenvalue weighted by Crippen LogP contribution is -2.44. The molecule has 0 unspecified atom stereocenters. The van der Waals surface area contributed by atoms with Crippen molar-refractivity contribution in [1.29, 1.82) is 0 Å². The minimum Gasteiger partial charge on any atom is -0.367 e. The molecule has 1 aliphatic heterocycles. The van der Waals surface area contributed by atoms with E-state index in [-0.39, 0.29) is 5.91 Å². The molecule has 0 radical (unpaired) electrons. The Hall–Kier alpha value is -2.51. The number of aryl methyl sites for hydroxylation is 1. The molecule has 1 aromatic carbocycles. The second kappa shape index (κ2) is 9.53. The zero-order valence-electron chi connectivity index (χ0n) is 17.6. The van der Waals surface area contributed by atoms with Crippen LogP contribution in [-0.4, -0.2) is 53.0 Å². The lowest BCUT2D eigenvalue weighted by molar-refractivity contribution is -0.122. The molecule has 0 atom stereocenters. The average Bonchev–Trinajstić information content (AvgIpc) is 3.19. The molecule has 3 heterocycles. The van der Waals surface area contributed by atoms with E-state index in [1.165, 1.54) is 16.7 Å². The molecule has 1 fully saturated rings. The molecule has 0 aliphatic carbocycles. The highest BCUT2D eigenvalue weighted by molar-refractivity contribution is 7.17. The molecule has 30 heavy (non-hydrogen) atoms. The number of fused-ring (bicyclic) bond motifs is 1. The number of amides is 1. The Kier molecular flexibility index (Phi) is 6.59. The predicted octanol–water partition coefficient (Wildman–Crippen LogP) is 4.07. The Morgan fingerprint density at radius 1 is 1.20 bits per heavy atom. The van der Waals surface area contributed by atoms with Crippen LogP contribution >= 0.6 is 11.3 Å². The molecule has 158 valence electrons. The van der Waals surface area contributed by atoms with E-state index in [0.29, 0.717) is 12.6 Å². The zero-order chi connectivity index (χ0) is 20.9. The number of nitrogens with one attached hydrogen (secondary N) is 2. The highest BCUT2D eigenvalue weighted by atomic mass is 32.1. The van der Waals surface area contributed by atoms with E-state index in [4.69, 9.17) is 0 Å². The van der Waals surface area contributed by atoms with Crippen LogP contribution in [0, 0.1) is 6.92 Å². The first kappa shape index (κ1) is 20.8. The Bertz CT molecular complexity index is 993. The number of piperidine rings is 1. The lowest BCUT2D eigenvalue weighted by atomic mass is 10.0. The van der Waals surface area contributed by atoms with Crippen LogP contribution in [0.3, 0.4) is 0 Å². The van der Waals surface area contributed by atoms with E-state index in [1.54, 1.807) is 17.7 Å². The van der Waals surface area contributed by atoms with Crippen LogP contribution in [-0.2, 0) is 4.79 Å². The summed E-state index contributed by atoms with van der Waals surface area (Å²) in [5.41, 5.74) is 3.63. The van der Waals surface area contributed by atoms with Crippen molar-refractivity contribution < 1.29 is 4.79 Å². The van der Waals surface area contributed by atoms with Gasteiger partial charge in [0.05, 0.1) is 11.9 Å². The third-order valence-corrected chi connectivity index (χ3v) is 6.49. The summed E-state index contributed by atoms with van der Waals surface area (Å²) in [5, 5.41) is 9.91. The molecule has 1 amide bonds. The maximum atomic E-state index is 12.0. The van der Waals surface area contributed by atoms with Crippen molar-refractivity contribution in [3.8, 4) is 11.1 Å². The summed E-state index contributed by atoms with van der Waals surface area (Å²) in [6.07, 6.45) is 4.61. The number of likely N-dealkylation sites (tertiary alicyclic amines) is 1. The lowest BCUT2D eigenvalue weighted by Gasteiger charge is -2.32. The fourth-order valence-electron chi connectivity index (χ4n) is 3.88. The van der Waals surface area contributed by atoms with Gasteiger partial charge < -0.3 is 10.6 Å². The van der Waals surface area contributed by atoms with Crippen LogP contribution in [0.5, 0.6) is 0 Å². The molecule has 1 aliphatic rings. The van der Waals surface area contributed by atoms with Gasteiger partial charge in [0.2, 0.25) is 5.91 Å². The fourth-order valence-corrected chi connectivity index (χ4v) is 4.80. The zero-order valence-corrected chi connectivity index (χ0v) is 18.5. The molecule has 6 nitrogen and oxygen atoms in total. The largest absolute Gasteiger partial charge is 0.367 e. The van der Waals surface area contributed by atoms with Gasteiger partial charge in [0.25, 0.3) is 0 Å². The van der Waals surface area contributed by atoms with Gasteiger partial charge in [-0.1, -0.05) is 36.8 Å². The van der Waals surface area contributed by atoms with Gasteiger partial charge >= 0.3 is 0 Å². The average molecular weight is 424 g/mol. The van der Waals surface area contributed by atoms with Gasteiger partial charge in [-0.15, -0.1) is 11.3 Å². The Labute approximate surface area is 181 Å². The monoisotopic (exact) mass is 423 g/mol. The number of benzene rings is 1. The summed E-state index contributed by atoms with van der Waals surface area (Å²) < 4.78 is 0. The van der Waals surface area contributed by atoms with E-state index < -0.39 is 0 Å². The van der Waals surface area contributed by atoms with E-state index in [2.05, 4.69) is 69.0 Å². The molecule has 4 rings (SSSR count). The first-order valence-electron chi connectivity index (χ1n) is 10.7. The Balaban J connectivity index is 1.44. The molecule has 0 saturated carbocycles. The molecule has 0 bridgehead atoms. The number of hydrogen-bond donors (Lipinski definition) is 2. The maximum absolute atomic E-state index is 12.0. The van der Waals surface area contributed by atoms with Crippen LogP contribution in [0.25, 0.3) is 21.3 Å². The summed E-state index contributed by atoms with van der Waals surface area (Å²) in [6, 6.07) is 8.96. The first-order valence-corrected chi connectivity index (χ1v) is 11.6. The standard InChI is InChI=1S/C23H29N5OS/c1-3-10-24-20(29)13-28-11-8-18(9-12-28)27-22-21-19(14-30-23(21)26-15-25-22)17-6-4-16(2)5-7-17/h4-7,14-15,18H,3,8-13H2,1-2H3,(H,24,29)(H,25,26,27). The number of carbonyl (C=O) groups excluding carboxylic acids is 1. The van der Waals surface area contributed by atoms with Gasteiger partial charge in [0.15, 0.2) is 0 Å². The number of aromatic nitrogens is 2. The van der Waals surface area contributed by atoms with E-state index in [1.807, 2.05) is 0 Å². The molecule has 1 saturated heterocycles. The number of anilines is 1. The van der Waals surface area contributed by atoms with Crippen molar-refractivity contribution in [2.24, 2.45) is 0 Å². The summed E-state index contributed by atoms with van der Waals surface area (Å²) in [6.45, 7) is 7.25. The molecular weight excluding hydrogens is 394 g/mol. The highest BCUT2D eigenvalue weighted by Gasteiger charge is 2.22. The van der Waals surface area contributed by atoms with Crippen molar-refractivity contribution in [2.75, 3.05) is 31.5 Å². The number of nitrogens with zero attached hydrogens (tertiary/aromatic N) is 3. The maximum Gasteiger partial charge on any atom is 0.234 e. The third-order valence-electron chi connectivity index (χ3n) is 5.60. The summed E-state index contributed by atoms with van der Waals surface area (Å²) in [7, 11) is 0. The van der Waals surface area contributed by atoms with Crippen LogP contribution in [0.4, 0.5) is 5.82 Å². The predicted molar refractivity (Wildman–Crippen MR) is 124 cm³/mol. The minimum absolute atomic E-state index is 0.127. The van der Waals surface area contributed by atoms with Crippen molar-refractivity contribution in [1.82, 2.24) is 20.2 Å². The SMILES string of the molecule is CCCNC(=O)CN1CCC(Nc2ncnc3scc(-c4ccc(C)cc4)c23)CC1. The van der Waals surface area contributed by atoms with E-state index in [9.17, 15) is 4.79 Å². The number of hydrogen-bond acceptors (Lipinski definition) is 6. The molecular formula is C23H29N5OS. The van der Waals surface area contributed by atoms with Crippen molar-refractivity contribution in [2.45, 2.75) is 39.2 Å². The minimum atomic E-state index is 0.127. The fraction of sp³-hybridized carbons (Fsp3) is 0.435. The smallest absolute Gasteiger partial charge is 0.234 e. The van der Waals surface area contributed by atoms with Crippen molar-refractivity contribution in [3.05, 3.63) is 41.5 Å². The molecule has 2 N–H and O–H groups in total. The van der Waals surface area contributed by atoms with Crippen molar-refractivity contribution >= 4 is 33.3 Å².